The van der Waals surface area contributed by atoms with Crippen LogP contribution in [0.2, 0.25) is 0 Å². The van der Waals surface area contributed by atoms with E-state index in [1.807, 2.05) is 6.07 Å². The molecule has 1 N–H and O–H groups in total. The molecule has 1 heterocycles. The first kappa shape index (κ1) is 24.6. The number of carbonyl (C=O) groups excluding carboxylic acids is 1. The number of nitrogens with zero attached hydrogens (tertiary/aromatic N) is 2. The molecule has 4 aromatic rings. The lowest BCUT2D eigenvalue weighted by atomic mass is 9.97. The number of rotatable bonds is 11. The lowest BCUT2D eigenvalue weighted by molar-refractivity contribution is 0.0949. The van der Waals surface area contributed by atoms with Crippen LogP contribution in [0.5, 0.6) is 0 Å². The minimum absolute atomic E-state index is 0.0957. The SMILES string of the molecule is CCC(C)c1ccc(Cn2c(CCCCCNC(=O)c3ccccc3F)nc3ccccc32)cc1. The predicted molar refractivity (Wildman–Crippen MR) is 140 cm³/mol. The maximum absolute atomic E-state index is 13.7. The maximum Gasteiger partial charge on any atom is 0.254 e. The molecule has 4 rings (SSSR count). The number of amides is 1. The number of hydrogen-bond donors (Lipinski definition) is 1. The fourth-order valence-electron chi connectivity index (χ4n) is 4.39. The van der Waals surface area contributed by atoms with Crippen molar-refractivity contribution in [3.63, 3.8) is 0 Å². The lowest BCUT2D eigenvalue weighted by Crippen LogP contribution is -2.25. The van der Waals surface area contributed by atoms with Crippen molar-refractivity contribution < 1.29 is 9.18 Å². The third-order valence-corrected chi connectivity index (χ3v) is 6.72. The van der Waals surface area contributed by atoms with Crippen LogP contribution in [0.25, 0.3) is 11.0 Å². The molecule has 0 fully saturated rings. The molecule has 0 saturated heterocycles. The standard InChI is InChI=1S/C30H34FN3O/c1-3-22(2)24-18-16-23(17-19-24)21-34-28-14-9-8-13-27(28)33-29(34)15-5-4-10-20-32-30(35)25-11-6-7-12-26(25)31/h6-9,11-14,16-19,22H,3-5,10,15,20-21H2,1-2H3,(H,32,35). The zero-order chi connectivity index (χ0) is 24.6. The van der Waals surface area contributed by atoms with Crippen molar-refractivity contribution >= 4 is 16.9 Å². The Balaban J connectivity index is 1.34. The van der Waals surface area contributed by atoms with Gasteiger partial charge in [-0.15, -0.1) is 0 Å². The van der Waals surface area contributed by atoms with Crippen LogP contribution in [0.15, 0.2) is 72.8 Å². The second-order valence-electron chi connectivity index (χ2n) is 9.20. The highest BCUT2D eigenvalue weighted by Crippen LogP contribution is 2.22. The Bertz CT molecular complexity index is 1260. The summed E-state index contributed by atoms with van der Waals surface area (Å²) in [5.74, 6) is 0.820. The Morgan fingerprint density at radius 3 is 2.49 bits per heavy atom. The Kier molecular flexibility index (Phi) is 8.30. The van der Waals surface area contributed by atoms with Crippen LogP contribution in [0, 0.1) is 5.82 Å². The molecule has 0 spiro atoms. The van der Waals surface area contributed by atoms with Gasteiger partial charge in [0.05, 0.1) is 16.6 Å². The van der Waals surface area contributed by atoms with Crippen LogP contribution in [-0.4, -0.2) is 22.0 Å². The Labute approximate surface area is 207 Å². The molecule has 1 atom stereocenters. The van der Waals surface area contributed by atoms with E-state index in [1.54, 1.807) is 12.1 Å². The van der Waals surface area contributed by atoms with E-state index in [0.29, 0.717) is 12.5 Å². The summed E-state index contributed by atoms with van der Waals surface area (Å²) in [6, 6.07) is 23.3. The number of aryl methyl sites for hydroxylation is 1. The molecule has 1 aromatic heterocycles. The molecule has 35 heavy (non-hydrogen) atoms. The molecule has 0 radical (unpaired) electrons. The quantitative estimate of drug-likeness (QED) is 0.242. The van der Waals surface area contributed by atoms with Gasteiger partial charge in [0.1, 0.15) is 11.6 Å². The van der Waals surface area contributed by atoms with Crippen LogP contribution < -0.4 is 5.32 Å². The summed E-state index contributed by atoms with van der Waals surface area (Å²) in [5.41, 5.74) is 4.94. The molecule has 3 aromatic carbocycles. The maximum atomic E-state index is 13.7. The van der Waals surface area contributed by atoms with Gasteiger partial charge in [-0.3, -0.25) is 4.79 Å². The molecule has 5 heteroatoms. The number of benzene rings is 3. The van der Waals surface area contributed by atoms with Crippen LogP contribution in [0.1, 0.15) is 72.8 Å². The van der Waals surface area contributed by atoms with E-state index in [4.69, 9.17) is 4.98 Å². The molecule has 1 amide bonds. The van der Waals surface area contributed by atoms with Gasteiger partial charge >= 0.3 is 0 Å². The fraction of sp³-hybridized carbons (Fsp3) is 0.333. The van der Waals surface area contributed by atoms with E-state index < -0.39 is 5.82 Å². The van der Waals surface area contributed by atoms with Crippen molar-refractivity contribution in [2.24, 2.45) is 0 Å². The zero-order valence-electron chi connectivity index (χ0n) is 20.6. The van der Waals surface area contributed by atoms with Gasteiger partial charge in [0.25, 0.3) is 5.91 Å². The molecule has 4 nitrogen and oxygen atoms in total. The molecule has 0 aliphatic heterocycles. The number of carbonyl (C=O) groups is 1. The summed E-state index contributed by atoms with van der Waals surface area (Å²) in [6.45, 7) is 5.82. The van der Waals surface area contributed by atoms with E-state index in [1.165, 1.54) is 23.3 Å². The van der Waals surface area contributed by atoms with Gasteiger partial charge in [-0.05, 0) is 60.6 Å². The minimum atomic E-state index is -0.488. The summed E-state index contributed by atoms with van der Waals surface area (Å²) in [5, 5.41) is 2.82. The number of imidazole rings is 1. The molecule has 182 valence electrons. The van der Waals surface area contributed by atoms with Gasteiger partial charge in [0, 0.05) is 19.5 Å². The highest BCUT2D eigenvalue weighted by molar-refractivity contribution is 5.94. The van der Waals surface area contributed by atoms with Crippen LogP contribution in [-0.2, 0) is 13.0 Å². The van der Waals surface area contributed by atoms with Gasteiger partial charge < -0.3 is 9.88 Å². The molecule has 1 unspecified atom stereocenters. The van der Waals surface area contributed by atoms with Crippen molar-refractivity contribution in [3.8, 4) is 0 Å². The lowest BCUT2D eigenvalue weighted by Gasteiger charge is -2.12. The number of unbranched alkanes of at least 4 members (excludes halogenated alkanes) is 2. The number of nitrogens with one attached hydrogen (secondary N) is 1. The van der Waals surface area contributed by atoms with Crippen LogP contribution in [0.4, 0.5) is 4.39 Å². The van der Waals surface area contributed by atoms with Crippen molar-refractivity contribution in [3.05, 3.63) is 101 Å². The van der Waals surface area contributed by atoms with E-state index in [9.17, 15) is 9.18 Å². The summed E-state index contributed by atoms with van der Waals surface area (Å²) >= 11 is 0. The molecular weight excluding hydrogens is 437 g/mol. The van der Waals surface area contributed by atoms with Crippen LogP contribution >= 0.6 is 0 Å². The highest BCUT2D eigenvalue weighted by atomic mass is 19.1. The predicted octanol–water partition coefficient (Wildman–Crippen LogP) is 6.88. The molecule has 0 aliphatic carbocycles. The van der Waals surface area contributed by atoms with Gasteiger partial charge in [-0.2, -0.15) is 0 Å². The van der Waals surface area contributed by atoms with Crippen molar-refractivity contribution in [2.75, 3.05) is 6.54 Å². The second-order valence-corrected chi connectivity index (χ2v) is 9.20. The molecule has 0 bridgehead atoms. The first-order valence-corrected chi connectivity index (χ1v) is 12.6. The van der Waals surface area contributed by atoms with Gasteiger partial charge in [-0.1, -0.05) is 68.8 Å². The van der Waals surface area contributed by atoms with E-state index in [-0.39, 0.29) is 11.5 Å². The van der Waals surface area contributed by atoms with Gasteiger partial charge in [-0.25, -0.2) is 9.37 Å². The van der Waals surface area contributed by atoms with Crippen molar-refractivity contribution in [1.29, 1.82) is 0 Å². The minimum Gasteiger partial charge on any atom is -0.352 e. The summed E-state index contributed by atoms with van der Waals surface area (Å²) < 4.78 is 16.1. The number of para-hydroxylation sites is 2. The average molecular weight is 472 g/mol. The topological polar surface area (TPSA) is 46.9 Å². The first-order chi connectivity index (χ1) is 17.1. The van der Waals surface area contributed by atoms with Crippen LogP contribution in [0.3, 0.4) is 0 Å². The first-order valence-electron chi connectivity index (χ1n) is 12.6. The zero-order valence-corrected chi connectivity index (χ0v) is 20.6. The summed E-state index contributed by atoms with van der Waals surface area (Å²) in [4.78, 5) is 17.1. The largest absolute Gasteiger partial charge is 0.352 e. The van der Waals surface area contributed by atoms with Crippen molar-refractivity contribution in [2.45, 2.75) is 58.4 Å². The fourth-order valence-corrected chi connectivity index (χ4v) is 4.39. The monoisotopic (exact) mass is 471 g/mol. The van der Waals surface area contributed by atoms with E-state index in [2.05, 4.69) is 66.2 Å². The van der Waals surface area contributed by atoms with Gasteiger partial charge in [0.15, 0.2) is 0 Å². The third-order valence-electron chi connectivity index (χ3n) is 6.72. The summed E-state index contributed by atoms with van der Waals surface area (Å²) in [7, 11) is 0. The normalized spacial score (nSPS) is 12.1. The van der Waals surface area contributed by atoms with E-state index >= 15 is 0 Å². The Morgan fingerprint density at radius 2 is 1.71 bits per heavy atom. The number of aromatic nitrogens is 2. The van der Waals surface area contributed by atoms with Gasteiger partial charge in [0.2, 0.25) is 0 Å². The number of halogens is 1. The Morgan fingerprint density at radius 1 is 0.971 bits per heavy atom. The van der Waals surface area contributed by atoms with E-state index in [0.717, 1.165) is 55.5 Å². The highest BCUT2D eigenvalue weighted by Gasteiger charge is 2.12. The third kappa shape index (κ3) is 6.16. The number of fused-ring (bicyclic) bond motifs is 1. The summed E-state index contributed by atoms with van der Waals surface area (Å²) in [6.07, 6.45) is 4.80. The number of hydrogen-bond acceptors (Lipinski definition) is 2. The molecule has 0 aliphatic rings. The molecule has 0 saturated carbocycles. The van der Waals surface area contributed by atoms with Crippen molar-refractivity contribution in [1.82, 2.24) is 14.9 Å². The average Bonchev–Trinajstić information content (AvgIpc) is 3.23. The second kappa shape index (κ2) is 11.8. The smallest absolute Gasteiger partial charge is 0.254 e. The molecular formula is C30H34FN3O. The Hall–Kier alpha value is -3.47.